The van der Waals surface area contributed by atoms with Gasteiger partial charge in [0, 0.05) is 39.1 Å². The second-order valence-electron chi connectivity index (χ2n) is 4.68. The van der Waals surface area contributed by atoms with E-state index >= 15 is 0 Å². The number of amides is 1. The molecule has 1 heterocycles. The van der Waals surface area contributed by atoms with E-state index in [9.17, 15) is 4.79 Å². The number of carbonyl (C=O) groups is 1. The van der Waals surface area contributed by atoms with Gasteiger partial charge in [-0.2, -0.15) is 0 Å². The van der Waals surface area contributed by atoms with E-state index in [0.29, 0.717) is 19.5 Å². The van der Waals surface area contributed by atoms with Crippen LogP contribution in [-0.4, -0.2) is 37.0 Å². The molecule has 2 rings (SSSR count). The van der Waals surface area contributed by atoms with Crippen molar-refractivity contribution in [2.45, 2.75) is 19.4 Å². The number of hydrogen-bond acceptors (Lipinski definition) is 3. The number of nitrogens with one attached hydrogen (secondary N) is 1. The third-order valence-corrected chi connectivity index (χ3v) is 3.33. The molecule has 5 heteroatoms. The number of halogens is 1. The van der Waals surface area contributed by atoms with Crippen LogP contribution in [0.25, 0.3) is 0 Å². The lowest BCUT2D eigenvalue weighted by molar-refractivity contribution is -0.120. The molecular formula is C14H22ClN3O. The summed E-state index contributed by atoms with van der Waals surface area (Å²) in [6.45, 7) is 4.10. The van der Waals surface area contributed by atoms with E-state index in [1.165, 1.54) is 11.1 Å². The van der Waals surface area contributed by atoms with Gasteiger partial charge < -0.3 is 11.1 Å². The Morgan fingerprint density at radius 1 is 1.32 bits per heavy atom. The normalized spacial score (nSPS) is 14.4. The van der Waals surface area contributed by atoms with Gasteiger partial charge in [0.2, 0.25) is 5.91 Å². The molecule has 1 aromatic carbocycles. The van der Waals surface area contributed by atoms with E-state index in [2.05, 4.69) is 34.5 Å². The molecule has 0 aliphatic carbocycles. The van der Waals surface area contributed by atoms with Gasteiger partial charge in [-0.05, 0) is 17.5 Å². The smallest absolute Gasteiger partial charge is 0.221 e. The molecule has 0 saturated carbocycles. The average Bonchev–Trinajstić information content (AvgIpc) is 2.39. The SMILES string of the molecule is Cl.NCCC(=O)NCCN1CCc2ccccc2C1. The average molecular weight is 284 g/mol. The Morgan fingerprint density at radius 2 is 2.05 bits per heavy atom. The van der Waals surface area contributed by atoms with Gasteiger partial charge in [0.25, 0.3) is 0 Å². The van der Waals surface area contributed by atoms with Crippen LogP contribution in [0.1, 0.15) is 17.5 Å². The van der Waals surface area contributed by atoms with Gasteiger partial charge in [-0.25, -0.2) is 0 Å². The Hall–Kier alpha value is -1.10. The molecule has 0 radical (unpaired) electrons. The van der Waals surface area contributed by atoms with Gasteiger partial charge in [0.05, 0.1) is 0 Å². The molecule has 0 fully saturated rings. The topological polar surface area (TPSA) is 58.4 Å². The van der Waals surface area contributed by atoms with Crippen molar-refractivity contribution in [3.8, 4) is 0 Å². The van der Waals surface area contributed by atoms with E-state index in [4.69, 9.17) is 5.73 Å². The maximum Gasteiger partial charge on any atom is 0.221 e. The summed E-state index contributed by atoms with van der Waals surface area (Å²) in [4.78, 5) is 13.7. The minimum Gasteiger partial charge on any atom is -0.355 e. The lowest BCUT2D eigenvalue weighted by atomic mass is 10.00. The van der Waals surface area contributed by atoms with Crippen LogP contribution in [-0.2, 0) is 17.8 Å². The highest BCUT2D eigenvalue weighted by atomic mass is 35.5. The zero-order valence-electron chi connectivity index (χ0n) is 11.1. The molecule has 106 valence electrons. The molecule has 0 atom stereocenters. The van der Waals surface area contributed by atoms with Crippen molar-refractivity contribution in [2.75, 3.05) is 26.2 Å². The van der Waals surface area contributed by atoms with Gasteiger partial charge in [0.1, 0.15) is 0 Å². The van der Waals surface area contributed by atoms with Crippen LogP contribution in [0.3, 0.4) is 0 Å². The highest BCUT2D eigenvalue weighted by Crippen LogP contribution is 2.17. The Labute approximate surface area is 120 Å². The molecule has 19 heavy (non-hydrogen) atoms. The molecule has 1 amide bonds. The predicted octanol–water partition coefficient (Wildman–Crippen LogP) is 0.932. The first-order chi connectivity index (χ1) is 8.79. The highest BCUT2D eigenvalue weighted by molar-refractivity contribution is 5.85. The van der Waals surface area contributed by atoms with E-state index < -0.39 is 0 Å². The fourth-order valence-electron chi connectivity index (χ4n) is 2.32. The van der Waals surface area contributed by atoms with Crippen molar-refractivity contribution in [2.24, 2.45) is 5.73 Å². The number of nitrogens with two attached hydrogens (primary N) is 1. The lowest BCUT2D eigenvalue weighted by Crippen LogP contribution is -2.38. The van der Waals surface area contributed by atoms with Crippen LogP contribution in [0.5, 0.6) is 0 Å². The van der Waals surface area contributed by atoms with Crippen molar-refractivity contribution in [3.63, 3.8) is 0 Å². The van der Waals surface area contributed by atoms with Crippen LogP contribution >= 0.6 is 12.4 Å². The van der Waals surface area contributed by atoms with Crippen molar-refractivity contribution in [3.05, 3.63) is 35.4 Å². The second-order valence-corrected chi connectivity index (χ2v) is 4.68. The number of rotatable bonds is 5. The van der Waals surface area contributed by atoms with Gasteiger partial charge in [-0.1, -0.05) is 24.3 Å². The van der Waals surface area contributed by atoms with E-state index in [1.807, 2.05) is 0 Å². The summed E-state index contributed by atoms with van der Waals surface area (Å²) in [5, 5.41) is 2.89. The monoisotopic (exact) mass is 283 g/mol. The first-order valence-corrected chi connectivity index (χ1v) is 6.55. The fourth-order valence-corrected chi connectivity index (χ4v) is 2.32. The maximum absolute atomic E-state index is 11.3. The van der Waals surface area contributed by atoms with Crippen LogP contribution in [0, 0.1) is 0 Å². The van der Waals surface area contributed by atoms with Gasteiger partial charge in [-0.15, -0.1) is 12.4 Å². The molecule has 3 N–H and O–H groups in total. The third kappa shape index (κ3) is 4.82. The lowest BCUT2D eigenvalue weighted by Gasteiger charge is -2.28. The number of carbonyl (C=O) groups excluding carboxylic acids is 1. The molecule has 0 spiro atoms. The molecule has 1 aliphatic rings. The number of hydrogen-bond donors (Lipinski definition) is 2. The molecule has 0 aromatic heterocycles. The van der Waals surface area contributed by atoms with Crippen molar-refractivity contribution < 1.29 is 4.79 Å². The van der Waals surface area contributed by atoms with Gasteiger partial charge in [0.15, 0.2) is 0 Å². The number of fused-ring (bicyclic) bond motifs is 1. The van der Waals surface area contributed by atoms with Crippen LogP contribution in [0.4, 0.5) is 0 Å². The van der Waals surface area contributed by atoms with Crippen LogP contribution < -0.4 is 11.1 Å². The van der Waals surface area contributed by atoms with Crippen molar-refractivity contribution in [1.29, 1.82) is 0 Å². The summed E-state index contributed by atoms with van der Waals surface area (Å²) in [6.07, 6.45) is 1.52. The molecule has 1 aromatic rings. The summed E-state index contributed by atoms with van der Waals surface area (Å²) < 4.78 is 0. The molecule has 0 unspecified atom stereocenters. The minimum atomic E-state index is 0. The fraction of sp³-hybridized carbons (Fsp3) is 0.500. The van der Waals surface area contributed by atoms with Gasteiger partial charge >= 0.3 is 0 Å². The maximum atomic E-state index is 11.3. The molecule has 0 saturated heterocycles. The Balaban J connectivity index is 0.00000180. The largest absolute Gasteiger partial charge is 0.355 e. The van der Waals surface area contributed by atoms with E-state index in [-0.39, 0.29) is 18.3 Å². The first kappa shape index (κ1) is 16.0. The quantitative estimate of drug-likeness (QED) is 0.845. The standard InChI is InChI=1S/C14H21N3O.ClH/c15-7-5-14(18)16-8-10-17-9-6-12-3-1-2-4-13(12)11-17;/h1-4H,5-11,15H2,(H,16,18);1H. The van der Waals surface area contributed by atoms with Gasteiger partial charge in [-0.3, -0.25) is 9.69 Å². The molecule has 1 aliphatic heterocycles. The van der Waals surface area contributed by atoms with E-state index in [0.717, 1.165) is 26.1 Å². The van der Waals surface area contributed by atoms with Crippen LogP contribution in [0.15, 0.2) is 24.3 Å². The summed E-state index contributed by atoms with van der Waals surface area (Å²) in [6, 6.07) is 8.58. The molecular weight excluding hydrogens is 262 g/mol. The van der Waals surface area contributed by atoms with Crippen molar-refractivity contribution >= 4 is 18.3 Å². The van der Waals surface area contributed by atoms with Crippen molar-refractivity contribution in [1.82, 2.24) is 10.2 Å². The van der Waals surface area contributed by atoms with E-state index in [1.54, 1.807) is 0 Å². The summed E-state index contributed by atoms with van der Waals surface area (Å²) in [7, 11) is 0. The molecule has 4 nitrogen and oxygen atoms in total. The highest BCUT2D eigenvalue weighted by Gasteiger charge is 2.14. The number of benzene rings is 1. The Kier molecular flexibility index (Phi) is 6.84. The second kappa shape index (κ2) is 8.15. The zero-order valence-corrected chi connectivity index (χ0v) is 11.9. The zero-order chi connectivity index (χ0) is 12.8. The summed E-state index contributed by atoms with van der Waals surface area (Å²) in [5.74, 6) is 0.0508. The predicted molar refractivity (Wildman–Crippen MR) is 79.4 cm³/mol. The summed E-state index contributed by atoms with van der Waals surface area (Å²) >= 11 is 0. The third-order valence-electron chi connectivity index (χ3n) is 3.33. The molecule has 0 bridgehead atoms. The Bertz CT molecular complexity index is 411. The minimum absolute atomic E-state index is 0. The number of nitrogens with zero attached hydrogens (tertiary/aromatic N) is 1. The Morgan fingerprint density at radius 3 is 2.79 bits per heavy atom. The summed E-state index contributed by atoms with van der Waals surface area (Å²) in [5.41, 5.74) is 8.20. The van der Waals surface area contributed by atoms with Crippen LogP contribution in [0.2, 0.25) is 0 Å². The first-order valence-electron chi connectivity index (χ1n) is 6.55.